The Morgan fingerprint density at radius 2 is 1.66 bits per heavy atom. The Morgan fingerprint density at radius 3 is 2.48 bits per heavy atom. The number of hydrogen-bond donors (Lipinski definition) is 1. The van der Waals surface area contributed by atoms with Crippen LogP contribution in [0.2, 0.25) is 0 Å². The van der Waals surface area contributed by atoms with Crippen LogP contribution in [0.1, 0.15) is 35.7 Å². The van der Waals surface area contributed by atoms with Gasteiger partial charge in [0.15, 0.2) is 0 Å². The molecule has 150 valence electrons. The number of anilines is 1. The van der Waals surface area contributed by atoms with Crippen molar-refractivity contribution in [2.24, 2.45) is 0 Å². The van der Waals surface area contributed by atoms with Crippen LogP contribution in [0.15, 0.2) is 78.9 Å². The third-order valence-corrected chi connectivity index (χ3v) is 4.49. The quantitative estimate of drug-likeness (QED) is 0.450. The van der Waals surface area contributed by atoms with E-state index in [9.17, 15) is 4.79 Å². The molecule has 0 atom stereocenters. The van der Waals surface area contributed by atoms with Gasteiger partial charge in [0, 0.05) is 12.0 Å². The van der Waals surface area contributed by atoms with Gasteiger partial charge in [-0.1, -0.05) is 61.9 Å². The number of rotatable bonds is 10. The van der Waals surface area contributed by atoms with Gasteiger partial charge in [-0.25, -0.2) is 0 Å². The monoisotopic (exact) mass is 389 g/mol. The fourth-order valence-electron chi connectivity index (χ4n) is 2.88. The zero-order valence-electron chi connectivity index (χ0n) is 16.8. The first-order valence-electron chi connectivity index (χ1n) is 10.1. The molecule has 0 saturated heterocycles. The van der Waals surface area contributed by atoms with Gasteiger partial charge in [0.2, 0.25) is 0 Å². The number of carbonyl (C=O) groups is 1. The summed E-state index contributed by atoms with van der Waals surface area (Å²) in [5, 5.41) is 2.94. The SMILES string of the molecule is CCCCOc1ccccc1NC(=O)c1cccc(OCCc2ccccc2)c1. The highest BCUT2D eigenvalue weighted by Gasteiger charge is 2.11. The summed E-state index contributed by atoms with van der Waals surface area (Å²) in [6.07, 6.45) is 2.86. The fourth-order valence-corrected chi connectivity index (χ4v) is 2.88. The number of nitrogens with one attached hydrogen (secondary N) is 1. The third-order valence-electron chi connectivity index (χ3n) is 4.49. The maximum Gasteiger partial charge on any atom is 0.255 e. The van der Waals surface area contributed by atoms with Crippen molar-refractivity contribution in [3.63, 3.8) is 0 Å². The second-order valence-electron chi connectivity index (χ2n) is 6.76. The van der Waals surface area contributed by atoms with Crippen molar-refractivity contribution >= 4 is 11.6 Å². The number of benzene rings is 3. The molecule has 3 rings (SSSR count). The highest BCUT2D eigenvalue weighted by atomic mass is 16.5. The summed E-state index contributed by atoms with van der Waals surface area (Å²) in [6.45, 7) is 3.31. The van der Waals surface area contributed by atoms with E-state index in [4.69, 9.17) is 9.47 Å². The molecular formula is C25H27NO3. The van der Waals surface area contributed by atoms with E-state index in [-0.39, 0.29) is 5.91 Å². The van der Waals surface area contributed by atoms with E-state index in [1.165, 1.54) is 5.56 Å². The lowest BCUT2D eigenvalue weighted by atomic mass is 10.1. The fraction of sp³-hybridized carbons (Fsp3) is 0.240. The second kappa shape index (κ2) is 10.9. The summed E-state index contributed by atoms with van der Waals surface area (Å²) in [6, 6.07) is 24.9. The van der Waals surface area contributed by atoms with Gasteiger partial charge in [-0.3, -0.25) is 4.79 Å². The van der Waals surface area contributed by atoms with Gasteiger partial charge < -0.3 is 14.8 Å². The van der Waals surface area contributed by atoms with Crippen molar-refractivity contribution in [1.29, 1.82) is 0 Å². The molecule has 4 nitrogen and oxygen atoms in total. The number of amides is 1. The van der Waals surface area contributed by atoms with Crippen molar-refractivity contribution in [2.75, 3.05) is 18.5 Å². The van der Waals surface area contributed by atoms with Gasteiger partial charge in [-0.2, -0.15) is 0 Å². The Balaban J connectivity index is 1.59. The van der Waals surface area contributed by atoms with Crippen molar-refractivity contribution in [3.8, 4) is 11.5 Å². The van der Waals surface area contributed by atoms with E-state index in [0.29, 0.717) is 36.0 Å². The average Bonchev–Trinajstić information content (AvgIpc) is 2.76. The maximum absolute atomic E-state index is 12.7. The highest BCUT2D eigenvalue weighted by Crippen LogP contribution is 2.25. The standard InChI is InChI=1S/C25H27NO3/c1-2-3-17-29-24-15-8-7-14-23(24)26-25(27)21-12-9-13-22(19-21)28-18-16-20-10-5-4-6-11-20/h4-15,19H,2-3,16-18H2,1H3,(H,26,27). The third kappa shape index (κ3) is 6.39. The van der Waals surface area contributed by atoms with E-state index in [1.807, 2.05) is 54.6 Å². The molecule has 0 spiro atoms. The van der Waals surface area contributed by atoms with Crippen LogP contribution >= 0.6 is 0 Å². The van der Waals surface area contributed by atoms with Crippen LogP contribution < -0.4 is 14.8 Å². The number of para-hydroxylation sites is 2. The minimum Gasteiger partial charge on any atom is -0.493 e. The predicted molar refractivity (Wildman–Crippen MR) is 117 cm³/mol. The summed E-state index contributed by atoms with van der Waals surface area (Å²) in [5.41, 5.74) is 2.44. The van der Waals surface area contributed by atoms with E-state index in [2.05, 4.69) is 24.4 Å². The first kappa shape index (κ1) is 20.5. The molecule has 0 aliphatic rings. The van der Waals surface area contributed by atoms with E-state index in [1.54, 1.807) is 12.1 Å². The molecule has 1 amide bonds. The molecule has 0 radical (unpaired) electrons. The Morgan fingerprint density at radius 1 is 0.862 bits per heavy atom. The molecule has 3 aromatic rings. The van der Waals surface area contributed by atoms with Crippen LogP contribution in [-0.2, 0) is 6.42 Å². The summed E-state index contributed by atoms with van der Waals surface area (Å²) in [7, 11) is 0. The Labute approximate surface area is 172 Å². The van der Waals surface area contributed by atoms with Crippen LogP contribution in [0, 0.1) is 0 Å². The highest BCUT2D eigenvalue weighted by molar-refractivity contribution is 6.05. The summed E-state index contributed by atoms with van der Waals surface area (Å²) in [4.78, 5) is 12.7. The first-order chi connectivity index (χ1) is 14.3. The normalized spacial score (nSPS) is 10.4. The summed E-state index contributed by atoms with van der Waals surface area (Å²) >= 11 is 0. The predicted octanol–water partition coefficient (Wildman–Crippen LogP) is 5.74. The lowest BCUT2D eigenvalue weighted by molar-refractivity contribution is 0.102. The van der Waals surface area contributed by atoms with Crippen LogP contribution in [-0.4, -0.2) is 19.1 Å². The average molecular weight is 389 g/mol. The van der Waals surface area contributed by atoms with Crippen LogP contribution in [0.25, 0.3) is 0 Å². The molecule has 0 aliphatic carbocycles. The molecular weight excluding hydrogens is 362 g/mol. The van der Waals surface area contributed by atoms with Crippen LogP contribution in [0.4, 0.5) is 5.69 Å². The zero-order valence-corrected chi connectivity index (χ0v) is 16.8. The molecule has 0 fully saturated rings. The molecule has 0 saturated carbocycles. The van der Waals surface area contributed by atoms with E-state index < -0.39 is 0 Å². The number of unbranched alkanes of at least 4 members (excludes halogenated alkanes) is 1. The minimum absolute atomic E-state index is 0.190. The molecule has 3 aromatic carbocycles. The Kier molecular flexibility index (Phi) is 7.70. The lowest BCUT2D eigenvalue weighted by Gasteiger charge is -2.13. The van der Waals surface area contributed by atoms with Gasteiger partial charge in [-0.15, -0.1) is 0 Å². The molecule has 29 heavy (non-hydrogen) atoms. The first-order valence-corrected chi connectivity index (χ1v) is 10.1. The minimum atomic E-state index is -0.190. The molecule has 4 heteroatoms. The molecule has 0 bridgehead atoms. The molecule has 0 unspecified atom stereocenters. The van der Waals surface area contributed by atoms with Gasteiger partial charge >= 0.3 is 0 Å². The van der Waals surface area contributed by atoms with Gasteiger partial charge in [0.25, 0.3) is 5.91 Å². The van der Waals surface area contributed by atoms with Crippen LogP contribution in [0.5, 0.6) is 11.5 Å². The molecule has 1 N–H and O–H groups in total. The largest absolute Gasteiger partial charge is 0.493 e. The molecule has 0 heterocycles. The Hall–Kier alpha value is -3.27. The van der Waals surface area contributed by atoms with Crippen molar-refractivity contribution in [2.45, 2.75) is 26.2 Å². The van der Waals surface area contributed by atoms with Crippen molar-refractivity contribution in [1.82, 2.24) is 0 Å². The van der Waals surface area contributed by atoms with E-state index >= 15 is 0 Å². The summed E-state index contributed by atoms with van der Waals surface area (Å²) < 4.78 is 11.6. The second-order valence-corrected chi connectivity index (χ2v) is 6.76. The summed E-state index contributed by atoms with van der Waals surface area (Å²) in [5.74, 6) is 1.18. The van der Waals surface area contributed by atoms with Crippen molar-refractivity contribution < 1.29 is 14.3 Å². The molecule has 0 aliphatic heterocycles. The lowest BCUT2D eigenvalue weighted by Crippen LogP contribution is -2.13. The van der Waals surface area contributed by atoms with Gasteiger partial charge in [-0.05, 0) is 42.3 Å². The number of ether oxygens (including phenoxy) is 2. The topological polar surface area (TPSA) is 47.6 Å². The van der Waals surface area contributed by atoms with Crippen molar-refractivity contribution in [3.05, 3.63) is 90.0 Å². The number of hydrogen-bond acceptors (Lipinski definition) is 3. The number of carbonyl (C=O) groups excluding carboxylic acids is 1. The van der Waals surface area contributed by atoms with Crippen LogP contribution in [0.3, 0.4) is 0 Å². The van der Waals surface area contributed by atoms with Gasteiger partial charge in [0.1, 0.15) is 11.5 Å². The zero-order chi connectivity index (χ0) is 20.3. The Bertz CT molecular complexity index is 909. The van der Waals surface area contributed by atoms with Gasteiger partial charge in [0.05, 0.1) is 18.9 Å². The molecule has 0 aromatic heterocycles. The smallest absolute Gasteiger partial charge is 0.255 e. The van der Waals surface area contributed by atoms with E-state index in [0.717, 1.165) is 19.3 Å². The maximum atomic E-state index is 12.7.